The zero-order valence-electron chi connectivity index (χ0n) is 16.8. The van der Waals surface area contributed by atoms with E-state index < -0.39 is 0 Å². The number of benzene rings is 2. The Balaban J connectivity index is 2.23. The van der Waals surface area contributed by atoms with Crippen LogP contribution in [0.1, 0.15) is 31.9 Å². The van der Waals surface area contributed by atoms with Gasteiger partial charge >= 0.3 is 0 Å². The summed E-state index contributed by atoms with van der Waals surface area (Å²) in [4.78, 5) is 12.4. The minimum atomic E-state index is -0.208. The minimum Gasteiger partial charge on any atom is -0.493 e. The first kappa shape index (κ1) is 20.4. The molecule has 1 amide bonds. The summed E-state index contributed by atoms with van der Waals surface area (Å²) in [7, 11) is 4.66. The summed E-state index contributed by atoms with van der Waals surface area (Å²) in [6, 6.07) is 11.4. The highest BCUT2D eigenvalue weighted by atomic mass is 16.5. The third-order valence-electron chi connectivity index (χ3n) is 4.11. The van der Waals surface area contributed by atoms with Gasteiger partial charge in [-0.25, -0.2) is 0 Å². The summed E-state index contributed by atoms with van der Waals surface area (Å²) in [5, 5.41) is 2.95. The van der Waals surface area contributed by atoms with E-state index in [0.29, 0.717) is 17.2 Å². The summed E-state index contributed by atoms with van der Waals surface area (Å²) < 4.78 is 16.0. The molecule has 0 aliphatic carbocycles. The van der Waals surface area contributed by atoms with E-state index >= 15 is 0 Å². The lowest BCUT2D eigenvalue weighted by Gasteiger charge is -2.22. The van der Waals surface area contributed by atoms with E-state index in [-0.39, 0.29) is 11.3 Å². The highest BCUT2D eigenvalue weighted by molar-refractivity contribution is 6.02. The summed E-state index contributed by atoms with van der Waals surface area (Å²) in [6.07, 6.45) is 3.19. The second kappa shape index (κ2) is 8.62. The van der Waals surface area contributed by atoms with E-state index in [1.54, 1.807) is 39.5 Å². The molecule has 0 spiro atoms. The van der Waals surface area contributed by atoms with Crippen molar-refractivity contribution in [2.45, 2.75) is 26.2 Å². The van der Waals surface area contributed by atoms with Crippen LogP contribution in [-0.2, 0) is 10.2 Å². The quantitative estimate of drug-likeness (QED) is 0.752. The van der Waals surface area contributed by atoms with Crippen molar-refractivity contribution in [1.82, 2.24) is 0 Å². The molecule has 0 atom stereocenters. The van der Waals surface area contributed by atoms with Crippen molar-refractivity contribution in [2.75, 3.05) is 26.6 Å². The van der Waals surface area contributed by atoms with Gasteiger partial charge in [0.15, 0.2) is 11.5 Å². The van der Waals surface area contributed by atoms with E-state index in [2.05, 4.69) is 26.1 Å². The Morgan fingerprint density at radius 1 is 0.963 bits per heavy atom. The number of hydrogen-bond donors (Lipinski definition) is 1. The van der Waals surface area contributed by atoms with E-state index in [9.17, 15) is 4.79 Å². The Kier molecular flexibility index (Phi) is 6.50. The molecule has 0 saturated carbocycles. The van der Waals surface area contributed by atoms with Gasteiger partial charge in [0.2, 0.25) is 11.7 Å². The second-order valence-electron chi connectivity index (χ2n) is 7.08. The van der Waals surface area contributed by atoms with Crippen molar-refractivity contribution >= 4 is 17.7 Å². The molecule has 0 unspecified atom stereocenters. The topological polar surface area (TPSA) is 56.8 Å². The molecule has 1 N–H and O–H groups in total. The molecular formula is C22H27NO4. The average molecular weight is 369 g/mol. The number of anilines is 1. The molecule has 0 saturated heterocycles. The highest BCUT2D eigenvalue weighted by Gasteiger charge is 2.18. The van der Waals surface area contributed by atoms with Crippen LogP contribution in [0.4, 0.5) is 5.69 Å². The molecule has 0 heterocycles. The van der Waals surface area contributed by atoms with Crippen molar-refractivity contribution in [3.8, 4) is 17.2 Å². The predicted molar refractivity (Wildman–Crippen MR) is 109 cm³/mol. The third kappa shape index (κ3) is 5.03. The maximum Gasteiger partial charge on any atom is 0.248 e. The number of amides is 1. The number of hydrogen-bond acceptors (Lipinski definition) is 4. The first-order chi connectivity index (χ1) is 12.8. The Morgan fingerprint density at radius 3 is 2.07 bits per heavy atom. The number of rotatable bonds is 6. The molecule has 5 nitrogen and oxygen atoms in total. The smallest absolute Gasteiger partial charge is 0.248 e. The normalized spacial score (nSPS) is 11.3. The second-order valence-corrected chi connectivity index (χ2v) is 7.08. The fourth-order valence-electron chi connectivity index (χ4n) is 2.79. The molecule has 0 aliphatic rings. The maximum absolute atomic E-state index is 12.4. The lowest BCUT2D eigenvalue weighted by atomic mass is 9.86. The maximum atomic E-state index is 12.4. The number of para-hydroxylation sites is 1. The van der Waals surface area contributed by atoms with Crippen LogP contribution in [0.3, 0.4) is 0 Å². The summed E-state index contributed by atoms with van der Waals surface area (Å²) in [5.74, 6) is 1.38. The standard InChI is InChI=1S/C22H27NO4/c1-22(2,3)16-9-7-8-10-17(16)23-20(24)12-11-15-13-18(25-4)21(27-6)19(14-15)26-5/h7-14H,1-6H3,(H,23,24)/b12-11+. The average Bonchev–Trinajstić information content (AvgIpc) is 2.64. The molecule has 0 bridgehead atoms. The van der Waals surface area contributed by atoms with Crippen molar-refractivity contribution in [3.05, 3.63) is 53.6 Å². The SMILES string of the molecule is COc1cc(/C=C/C(=O)Nc2ccccc2C(C)(C)C)cc(OC)c1OC. The van der Waals surface area contributed by atoms with Gasteiger partial charge in [0.1, 0.15) is 0 Å². The Labute approximate surface area is 161 Å². The fraction of sp³-hybridized carbons (Fsp3) is 0.318. The third-order valence-corrected chi connectivity index (χ3v) is 4.11. The van der Waals surface area contributed by atoms with Gasteiger partial charge in [-0.1, -0.05) is 39.0 Å². The van der Waals surface area contributed by atoms with Crippen molar-refractivity contribution < 1.29 is 19.0 Å². The van der Waals surface area contributed by atoms with Gasteiger partial charge in [0, 0.05) is 11.8 Å². The van der Waals surface area contributed by atoms with Crippen LogP contribution < -0.4 is 19.5 Å². The van der Waals surface area contributed by atoms with Crippen LogP contribution in [-0.4, -0.2) is 27.2 Å². The van der Waals surface area contributed by atoms with Crippen LogP contribution in [0, 0.1) is 0 Å². The van der Waals surface area contributed by atoms with Gasteiger partial charge < -0.3 is 19.5 Å². The Bertz CT molecular complexity index is 809. The molecule has 5 heteroatoms. The Morgan fingerprint density at radius 2 is 1.56 bits per heavy atom. The van der Waals surface area contributed by atoms with E-state index in [1.165, 1.54) is 6.08 Å². The summed E-state index contributed by atoms with van der Waals surface area (Å²) in [6.45, 7) is 6.34. The molecule has 0 aliphatic heterocycles. The number of carbonyl (C=O) groups excluding carboxylic acids is 1. The molecule has 0 radical (unpaired) electrons. The van der Waals surface area contributed by atoms with Crippen molar-refractivity contribution in [2.24, 2.45) is 0 Å². The molecule has 0 aromatic heterocycles. The van der Waals surface area contributed by atoms with E-state index in [0.717, 1.165) is 16.8 Å². The number of carbonyl (C=O) groups is 1. The Hall–Kier alpha value is -2.95. The van der Waals surface area contributed by atoms with Crippen molar-refractivity contribution in [1.29, 1.82) is 0 Å². The lowest BCUT2D eigenvalue weighted by molar-refractivity contribution is -0.111. The molecule has 144 valence electrons. The van der Waals surface area contributed by atoms with E-state index in [4.69, 9.17) is 14.2 Å². The summed E-state index contributed by atoms with van der Waals surface area (Å²) in [5.41, 5.74) is 2.59. The zero-order chi connectivity index (χ0) is 20.0. The molecule has 27 heavy (non-hydrogen) atoms. The highest BCUT2D eigenvalue weighted by Crippen LogP contribution is 2.38. The van der Waals surface area contributed by atoms with Crippen LogP contribution in [0.2, 0.25) is 0 Å². The number of ether oxygens (including phenoxy) is 3. The van der Waals surface area contributed by atoms with Gasteiger partial charge in [-0.3, -0.25) is 4.79 Å². The van der Waals surface area contributed by atoms with Gasteiger partial charge in [-0.2, -0.15) is 0 Å². The van der Waals surface area contributed by atoms with Crippen LogP contribution in [0.15, 0.2) is 42.5 Å². The van der Waals surface area contributed by atoms with Crippen LogP contribution >= 0.6 is 0 Å². The zero-order valence-corrected chi connectivity index (χ0v) is 16.8. The molecule has 2 aromatic rings. The molecule has 0 fully saturated rings. The number of methoxy groups -OCH3 is 3. The van der Waals surface area contributed by atoms with Crippen molar-refractivity contribution in [3.63, 3.8) is 0 Å². The van der Waals surface area contributed by atoms with Gasteiger partial charge in [-0.15, -0.1) is 0 Å². The van der Waals surface area contributed by atoms with Crippen LogP contribution in [0.25, 0.3) is 6.08 Å². The predicted octanol–water partition coefficient (Wildman–Crippen LogP) is 4.66. The molecule has 2 rings (SSSR count). The van der Waals surface area contributed by atoms with E-state index in [1.807, 2.05) is 24.3 Å². The molecular weight excluding hydrogens is 342 g/mol. The lowest BCUT2D eigenvalue weighted by Crippen LogP contribution is -2.17. The first-order valence-electron chi connectivity index (χ1n) is 8.68. The van der Waals surface area contributed by atoms with Gasteiger partial charge in [0.25, 0.3) is 0 Å². The molecule has 2 aromatic carbocycles. The van der Waals surface area contributed by atoms with Gasteiger partial charge in [0.05, 0.1) is 21.3 Å². The fourth-order valence-corrected chi connectivity index (χ4v) is 2.79. The minimum absolute atomic E-state index is 0.0652. The monoisotopic (exact) mass is 369 g/mol. The van der Waals surface area contributed by atoms with Crippen LogP contribution in [0.5, 0.6) is 17.2 Å². The largest absolute Gasteiger partial charge is 0.493 e. The van der Waals surface area contributed by atoms with Gasteiger partial charge in [-0.05, 0) is 40.8 Å². The summed E-state index contributed by atoms with van der Waals surface area (Å²) >= 11 is 0. The number of nitrogens with one attached hydrogen (secondary N) is 1. The first-order valence-corrected chi connectivity index (χ1v) is 8.68.